The van der Waals surface area contributed by atoms with Gasteiger partial charge in [-0.1, -0.05) is 30.3 Å². The maximum Gasteiger partial charge on any atom is 0.165 e. The molecule has 0 aliphatic heterocycles. The molecule has 0 aliphatic carbocycles. The molecule has 0 radical (unpaired) electrons. The summed E-state index contributed by atoms with van der Waals surface area (Å²) in [4.78, 5) is 13.1. The maximum absolute atomic E-state index is 4.63. The minimum atomic E-state index is 0.748. The van der Waals surface area contributed by atoms with Crippen molar-refractivity contribution in [3.8, 4) is 11.4 Å². The van der Waals surface area contributed by atoms with E-state index in [9.17, 15) is 0 Å². The van der Waals surface area contributed by atoms with Gasteiger partial charge in [0.1, 0.15) is 12.2 Å². The van der Waals surface area contributed by atoms with Crippen molar-refractivity contribution in [3.63, 3.8) is 0 Å². The van der Waals surface area contributed by atoms with E-state index in [0.29, 0.717) is 0 Å². The Labute approximate surface area is 105 Å². The summed E-state index contributed by atoms with van der Waals surface area (Å²) in [6, 6.07) is 10.1. The third kappa shape index (κ3) is 1.52. The number of rotatable bonds is 2. The zero-order chi connectivity index (χ0) is 12.5. The highest BCUT2D eigenvalue weighted by Gasteiger charge is 2.13. The average molecular weight is 239 g/mol. The lowest BCUT2D eigenvalue weighted by Gasteiger charge is -2.01. The second-order valence-electron chi connectivity index (χ2n) is 4.00. The van der Waals surface area contributed by atoms with Crippen LogP contribution in [0.4, 0.5) is 5.82 Å². The van der Waals surface area contributed by atoms with E-state index in [1.807, 2.05) is 49.0 Å². The van der Waals surface area contributed by atoms with Gasteiger partial charge in [0, 0.05) is 19.7 Å². The average Bonchev–Trinajstić information content (AvgIpc) is 2.77. The van der Waals surface area contributed by atoms with E-state index in [2.05, 4.69) is 20.3 Å². The third-order valence-electron chi connectivity index (χ3n) is 2.92. The third-order valence-corrected chi connectivity index (χ3v) is 2.92. The van der Waals surface area contributed by atoms with Crippen LogP contribution in [0.2, 0.25) is 0 Å². The van der Waals surface area contributed by atoms with Crippen LogP contribution in [0.15, 0.2) is 36.7 Å². The van der Waals surface area contributed by atoms with Gasteiger partial charge in [-0.15, -0.1) is 0 Å². The minimum absolute atomic E-state index is 0.748. The Morgan fingerprint density at radius 3 is 2.61 bits per heavy atom. The van der Waals surface area contributed by atoms with E-state index in [0.717, 1.165) is 28.4 Å². The van der Waals surface area contributed by atoms with E-state index in [1.165, 1.54) is 0 Å². The SMILES string of the molecule is CNc1ncnc2c1nc(-c1ccccc1)n2C. The quantitative estimate of drug-likeness (QED) is 0.743. The van der Waals surface area contributed by atoms with Gasteiger partial charge in [0.2, 0.25) is 0 Å². The Balaban J connectivity index is 2.29. The lowest BCUT2D eigenvalue weighted by Crippen LogP contribution is -1.96. The molecule has 2 heterocycles. The summed E-state index contributed by atoms with van der Waals surface area (Å²) in [5.74, 6) is 1.64. The van der Waals surface area contributed by atoms with E-state index in [1.54, 1.807) is 6.33 Å². The second kappa shape index (κ2) is 4.10. The first kappa shape index (κ1) is 10.7. The number of nitrogens with one attached hydrogen (secondary N) is 1. The number of hydrogen-bond donors (Lipinski definition) is 1. The Bertz CT molecular complexity index is 687. The van der Waals surface area contributed by atoms with Crippen LogP contribution >= 0.6 is 0 Å². The Kier molecular flexibility index (Phi) is 2.44. The lowest BCUT2D eigenvalue weighted by molar-refractivity contribution is 0.939. The fourth-order valence-corrected chi connectivity index (χ4v) is 2.03. The molecular weight excluding hydrogens is 226 g/mol. The summed E-state index contributed by atoms with van der Waals surface area (Å²) in [6.45, 7) is 0. The molecule has 0 bridgehead atoms. The fourth-order valence-electron chi connectivity index (χ4n) is 2.03. The molecule has 18 heavy (non-hydrogen) atoms. The normalized spacial score (nSPS) is 10.8. The monoisotopic (exact) mass is 239 g/mol. The highest BCUT2D eigenvalue weighted by molar-refractivity contribution is 5.86. The zero-order valence-electron chi connectivity index (χ0n) is 10.3. The fraction of sp³-hybridized carbons (Fsp3) is 0.154. The van der Waals surface area contributed by atoms with Crippen LogP contribution in [0.3, 0.4) is 0 Å². The zero-order valence-corrected chi connectivity index (χ0v) is 10.3. The number of anilines is 1. The first-order valence-corrected chi connectivity index (χ1v) is 5.72. The van der Waals surface area contributed by atoms with Crippen molar-refractivity contribution >= 4 is 17.0 Å². The topological polar surface area (TPSA) is 55.6 Å². The van der Waals surface area contributed by atoms with Crippen LogP contribution in [0.1, 0.15) is 0 Å². The predicted octanol–water partition coefficient (Wildman–Crippen LogP) is 2.07. The highest BCUT2D eigenvalue weighted by Crippen LogP contribution is 2.24. The van der Waals surface area contributed by atoms with Crippen molar-refractivity contribution in [2.75, 3.05) is 12.4 Å². The number of hydrogen-bond acceptors (Lipinski definition) is 4. The van der Waals surface area contributed by atoms with Gasteiger partial charge in [-0.25, -0.2) is 15.0 Å². The van der Waals surface area contributed by atoms with Gasteiger partial charge in [0.05, 0.1) is 0 Å². The van der Waals surface area contributed by atoms with Crippen LogP contribution in [-0.4, -0.2) is 26.6 Å². The molecule has 0 fully saturated rings. The van der Waals surface area contributed by atoms with Gasteiger partial charge in [-0.3, -0.25) is 0 Å². The summed E-state index contributed by atoms with van der Waals surface area (Å²) in [5.41, 5.74) is 2.69. The van der Waals surface area contributed by atoms with Crippen molar-refractivity contribution in [2.45, 2.75) is 0 Å². The smallest absolute Gasteiger partial charge is 0.165 e. The molecule has 0 aliphatic rings. The van der Waals surface area contributed by atoms with E-state index in [4.69, 9.17) is 0 Å². The number of fused-ring (bicyclic) bond motifs is 1. The van der Waals surface area contributed by atoms with Crippen LogP contribution < -0.4 is 5.32 Å². The van der Waals surface area contributed by atoms with Gasteiger partial charge in [0.25, 0.3) is 0 Å². The molecular formula is C13H13N5. The van der Waals surface area contributed by atoms with Crippen molar-refractivity contribution < 1.29 is 0 Å². The summed E-state index contributed by atoms with van der Waals surface area (Å²) >= 11 is 0. The molecule has 3 aromatic rings. The van der Waals surface area contributed by atoms with E-state index < -0.39 is 0 Å². The van der Waals surface area contributed by atoms with Gasteiger partial charge in [-0.05, 0) is 0 Å². The number of imidazole rings is 1. The summed E-state index contributed by atoms with van der Waals surface area (Å²) in [5, 5.41) is 3.04. The minimum Gasteiger partial charge on any atom is -0.371 e. The summed E-state index contributed by atoms with van der Waals surface area (Å²) < 4.78 is 1.98. The maximum atomic E-state index is 4.63. The van der Waals surface area contributed by atoms with Crippen molar-refractivity contribution in [3.05, 3.63) is 36.7 Å². The summed E-state index contributed by atoms with van der Waals surface area (Å²) in [7, 11) is 3.79. The van der Waals surface area contributed by atoms with E-state index in [-0.39, 0.29) is 0 Å². The molecule has 3 rings (SSSR count). The highest BCUT2D eigenvalue weighted by atomic mass is 15.1. The molecule has 0 saturated heterocycles. The number of benzene rings is 1. The predicted molar refractivity (Wildman–Crippen MR) is 71.3 cm³/mol. The Hall–Kier alpha value is -2.43. The Morgan fingerprint density at radius 2 is 1.89 bits per heavy atom. The standard InChI is InChI=1S/C13H13N5/c1-14-11-10-13(16-8-15-11)18(2)12(17-10)9-6-4-3-5-7-9/h3-8H,1-2H3,(H,14,15,16). The second-order valence-corrected chi connectivity index (χ2v) is 4.00. The molecule has 90 valence electrons. The molecule has 2 aromatic heterocycles. The Morgan fingerprint density at radius 1 is 1.11 bits per heavy atom. The largest absolute Gasteiger partial charge is 0.371 e. The van der Waals surface area contributed by atoms with Crippen LogP contribution in [0.5, 0.6) is 0 Å². The van der Waals surface area contributed by atoms with Gasteiger partial charge in [-0.2, -0.15) is 0 Å². The lowest BCUT2D eigenvalue weighted by atomic mass is 10.2. The number of aromatic nitrogens is 4. The van der Waals surface area contributed by atoms with Crippen LogP contribution in [0, 0.1) is 0 Å². The van der Waals surface area contributed by atoms with Crippen LogP contribution in [-0.2, 0) is 7.05 Å². The molecule has 1 aromatic carbocycles. The first-order chi connectivity index (χ1) is 8.81. The first-order valence-electron chi connectivity index (χ1n) is 5.72. The van der Waals surface area contributed by atoms with E-state index >= 15 is 0 Å². The van der Waals surface area contributed by atoms with Crippen LogP contribution in [0.25, 0.3) is 22.6 Å². The molecule has 0 spiro atoms. The molecule has 1 N–H and O–H groups in total. The molecule has 5 heteroatoms. The molecule has 0 amide bonds. The number of aryl methyl sites for hydroxylation is 1. The molecule has 0 saturated carbocycles. The molecule has 5 nitrogen and oxygen atoms in total. The van der Waals surface area contributed by atoms with Gasteiger partial charge < -0.3 is 9.88 Å². The van der Waals surface area contributed by atoms with Crippen molar-refractivity contribution in [1.29, 1.82) is 0 Å². The molecule has 0 unspecified atom stereocenters. The van der Waals surface area contributed by atoms with Gasteiger partial charge in [0.15, 0.2) is 17.0 Å². The van der Waals surface area contributed by atoms with Crippen molar-refractivity contribution in [2.24, 2.45) is 7.05 Å². The molecule has 0 atom stereocenters. The summed E-state index contributed by atoms with van der Waals surface area (Å²) in [6.07, 6.45) is 1.55. The van der Waals surface area contributed by atoms with Crippen molar-refractivity contribution in [1.82, 2.24) is 19.5 Å². The van der Waals surface area contributed by atoms with Gasteiger partial charge >= 0.3 is 0 Å². The number of nitrogens with zero attached hydrogens (tertiary/aromatic N) is 4.